The van der Waals surface area contributed by atoms with Gasteiger partial charge in [0.2, 0.25) is 0 Å². The van der Waals surface area contributed by atoms with Gasteiger partial charge < -0.3 is 4.74 Å². The van der Waals surface area contributed by atoms with E-state index >= 15 is 0 Å². The maximum absolute atomic E-state index is 6.14. The molecule has 2 heterocycles. The molecule has 6 rings (SSSR count). The van der Waals surface area contributed by atoms with Crippen molar-refractivity contribution in [1.82, 2.24) is 0 Å². The van der Waals surface area contributed by atoms with Gasteiger partial charge in [-0.15, -0.1) is 0 Å². The Labute approximate surface area is 150 Å². The minimum Gasteiger partial charge on any atom is -0.488 e. The largest absolute Gasteiger partial charge is 0.488 e. The molecule has 0 amide bonds. The van der Waals surface area contributed by atoms with E-state index < -0.39 is 0 Å². The number of rotatable bonds is 1. The van der Waals surface area contributed by atoms with Crippen molar-refractivity contribution in [2.75, 3.05) is 6.61 Å². The van der Waals surface area contributed by atoms with Crippen LogP contribution >= 0.6 is 0 Å². The van der Waals surface area contributed by atoms with Crippen LogP contribution in [0.25, 0.3) is 16.3 Å². The molecule has 0 aromatic heterocycles. The van der Waals surface area contributed by atoms with Crippen molar-refractivity contribution in [1.29, 1.82) is 0 Å². The van der Waals surface area contributed by atoms with Crippen LogP contribution in [-0.2, 0) is 0 Å². The number of ether oxygens (including phenoxy) is 1. The van der Waals surface area contributed by atoms with Gasteiger partial charge in [0.05, 0.1) is 11.0 Å². The van der Waals surface area contributed by atoms with Crippen LogP contribution in [0.4, 0.5) is 5.69 Å². The zero-order valence-electron chi connectivity index (χ0n) is 14.1. The predicted molar refractivity (Wildman–Crippen MR) is 103 cm³/mol. The molecule has 2 aliphatic heterocycles. The highest BCUT2D eigenvalue weighted by Gasteiger charge is 2.19. The van der Waals surface area contributed by atoms with Gasteiger partial charge in [-0.25, -0.2) is 4.99 Å². The summed E-state index contributed by atoms with van der Waals surface area (Å²) in [4.78, 5) is 4.88. The summed E-state index contributed by atoms with van der Waals surface area (Å²) < 4.78 is 6.14. The van der Waals surface area contributed by atoms with E-state index in [0.717, 1.165) is 27.6 Å². The van der Waals surface area contributed by atoms with Crippen molar-refractivity contribution < 1.29 is 4.74 Å². The third-order valence-electron chi connectivity index (χ3n) is 5.36. The molecule has 2 heteroatoms. The first-order chi connectivity index (χ1) is 12.9. The topological polar surface area (TPSA) is 21.6 Å². The molecule has 0 fully saturated rings. The Morgan fingerprint density at radius 2 is 1.42 bits per heavy atom. The van der Waals surface area contributed by atoms with E-state index in [4.69, 9.17) is 9.73 Å². The number of hydrogen-bond donors (Lipinski definition) is 0. The Morgan fingerprint density at radius 3 is 2.35 bits per heavy atom. The summed E-state index contributed by atoms with van der Waals surface area (Å²) in [6, 6.07) is 27.5. The summed E-state index contributed by atoms with van der Waals surface area (Å²) in [7, 11) is 0. The molecule has 4 aromatic rings. The van der Waals surface area contributed by atoms with E-state index in [9.17, 15) is 0 Å². The highest BCUT2D eigenvalue weighted by Crippen LogP contribution is 2.35. The molecule has 0 N–H and O–H groups in total. The monoisotopic (exact) mass is 333 g/mol. The molecule has 26 heavy (non-hydrogen) atoms. The van der Waals surface area contributed by atoms with Gasteiger partial charge in [0.1, 0.15) is 12.4 Å². The zero-order valence-corrected chi connectivity index (χ0v) is 14.1. The molecule has 0 spiro atoms. The average Bonchev–Trinajstić information content (AvgIpc) is 3.30. The maximum atomic E-state index is 6.14. The number of hydrogen-bond acceptors (Lipinski definition) is 2. The normalized spacial score (nSPS) is 13.8. The summed E-state index contributed by atoms with van der Waals surface area (Å²) in [5.74, 6) is 0.982. The van der Waals surface area contributed by atoms with Crippen LogP contribution in [-0.4, -0.2) is 6.61 Å². The summed E-state index contributed by atoms with van der Waals surface area (Å²) >= 11 is 0. The molecule has 0 unspecified atom stereocenters. The second-order valence-corrected chi connectivity index (χ2v) is 6.76. The Hall–Kier alpha value is -3.39. The van der Waals surface area contributed by atoms with Gasteiger partial charge in [0.25, 0.3) is 0 Å². The van der Waals surface area contributed by atoms with Crippen LogP contribution < -0.4 is 15.3 Å². The Kier molecular flexibility index (Phi) is 2.69. The average molecular weight is 333 g/mol. The molecule has 0 radical (unpaired) electrons. The zero-order chi connectivity index (χ0) is 17.1. The van der Waals surface area contributed by atoms with Crippen LogP contribution in [0.1, 0.15) is 5.56 Å². The van der Waals surface area contributed by atoms with Crippen molar-refractivity contribution in [3.05, 3.63) is 105 Å². The Morgan fingerprint density at radius 1 is 0.654 bits per heavy atom. The Bertz CT molecular complexity index is 1420. The molecule has 0 atom stereocenters. The molecular weight excluding hydrogens is 318 g/mol. The first-order valence-electron chi connectivity index (χ1n) is 8.85. The molecule has 2 nitrogen and oxygen atoms in total. The van der Waals surface area contributed by atoms with Crippen LogP contribution in [0.3, 0.4) is 0 Å². The number of nitrogens with zero attached hydrogens (tertiary/aromatic N) is 1. The first-order valence-corrected chi connectivity index (χ1v) is 8.85. The van der Waals surface area contributed by atoms with Gasteiger partial charge in [-0.05, 0) is 17.7 Å². The molecule has 0 bridgehead atoms. The van der Waals surface area contributed by atoms with E-state index in [2.05, 4.69) is 66.7 Å². The lowest BCUT2D eigenvalue weighted by atomic mass is 10.0. The van der Waals surface area contributed by atoms with Crippen molar-refractivity contribution >= 4 is 22.0 Å². The molecule has 0 saturated heterocycles. The Balaban J connectivity index is 1.71. The molecule has 4 aromatic carbocycles. The fourth-order valence-electron chi connectivity index (χ4n) is 4.11. The molecule has 0 saturated carbocycles. The van der Waals surface area contributed by atoms with E-state index in [1.54, 1.807) is 0 Å². The lowest BCUT2D eigenvalue weighted by Crippen LogP contribution is -2.02. The van der Waals surface area contributed by atoms with Crippen molar-refractivity contribution in [3.63, 3.8) is 0 Å². The summed E-state index contributed by atoms with van der Waals surface area (Å²) in [6.07, 6.45) is 0. The second kappa shape index (κ2) is 5.06. The minimum absolute atomic E-state index is 0.618. The van der Waals surface area contributed by atoms with Gasteiger partial charge >= 0.3 is 0 Å². The summed E-state index contributed by atoms with van der Waals surface area (Å²) in [5.41, 5.74) is 3.54. The first kappa shape index (κ1) is 13.9. The summed E-state index contributed by atoms with van der Waals surface area (Å²) in [6.45, 7) is 0.618. The highest BCUT2D eigenvalue weighted by atomic mass is 16.5. The maximum Gasteiger partial charge on any atom is 0.135 e. The number of benzene rings is 4. The fraction of sp³-hybridized carbons (Fsp3) is 0.0417. The third-order valence-corrected chi connectivity index (χ3v) is 5.36. The van der Waals surface area contributed by atoms with E-state index in [1.807, 2.05) is 12.1 Å². The SMILES string of the molecule is c1ccc(C2=c3ccc4c5c(ccc4c3OC2)=c2ccccc2=N5)cc1. The number of para-hydroxylation sites is 1. The molecule has 0 aliphatic carbocycles. The summed E-state index contributed by atoms with van der Waals surface area (Å²) in [5, 5.41) is 6.96. The highest BCUT2D eigenvalue weighted by molar-refractivity contribution is 5.98. The van der Waals surface area contributed by atoms with Gasteiger partial charge in [-0.3, -0.25) is 0 Å². The van der Waals surface area contributed by atoms with Crippen LogP contribution in [0.2, 0.25) is 0 Å². The van der Waals surface area contributed by atoms with Gasteiger partial charge in [-0.1, -0.05) is 66.7 Å². The lowest BCUT2D eigenvalue weighted by Gasteiger charge is -2.05. The van der Waals surface area contributed by atoms with E-state index in [0.29, 0.717) is 6.61 Å². The molecule has 2 aliphatic rings. The predicted octanol–water partition coefficient (Wildman–Crippen LogP) is 3.98. The van der Waals surface area contributed by atoms with Crippen molar-refractivity contribution in [2.45, 2.75) is 0 Å². The van der Waals surface area contributed by atoms with Gasteiger partial charge in [0.15, 0.2) is 0 Å². The van der Waals surface area contributed by atoms with E-state index in [1.165, 1.54) is 26.8 Å². The third kappa shape index (κ3) is 1.79. The second-order valence-electron chi connectivity index (χ2n) is 6.76. The van der Waals surface area contributed by atoms with E-state index in [-0.39, 0.29) is 0 Å². The van der Waals surface area contributed by atoms with Crippen molar-refractivity contribution in [3.8, 4) is 5.75 Å². The van der Waals surface area contributed by atoms with Gasteiger partial charge in [0, 0.05) is 32.0 Å². The molecular formula is C24H15NO. The lowest BCUT2D eigenvalue weighted by molar-refractivity contribution is 0.386. The van der Waals surface area contributed by atoms with Crippen LogP contribution in [0.5, 0.6) is 5.75 Å². The van der Waals surface area contributed by atoms with Crippen molar-refractivity contribution in [2.24, 2.45) is 4.99 Å². The quantitative estimate of drug-likeness (QED) is 0.455. The molecule has 122 valence electrons. The number of fused-ring (bicyclic) bond motifs is 6. The van der Waals surface area contributed by atoms with Gasteiger partial charge in [-0.2, -0.15) is 0 Å². The van der Waals surface area contributed by atoms with Crippen LogP contribution in [0.15, 0.2) is 83.9 Å². The smallest absolute Gasteiger partial charge is 0.135 e. The fourth-order valence-corrected chi connectivity index (χ4v) is 4.11. The minimum atomic E-state index is 0.618. The van der Waals surface area contributed by atoms with Crippen LogP contribution in [0, 0.1) is 10.4 Å². The standard InChI is InChI=1S/C24H15NO/c1-2-6-15(7-3-1)21-14-26-24-19-12-10-17-16-8-4-5-9-22(16)25-23(17)18(19)11-13-20(21)24/h1-13H,14H2.